The van der Waals surface area contributed by atoms with Gasteiger partial charge in [-0.25, -0.2) is 4.79 Å². The van der Waals surface area contributed by atoms with Crippen molar-refractivity contribution in [3.8, 4) is 5.75 Å². The molecular weight excluding hydrogens is 334 g/mol. The van der Waals surface area contributed by atoms with Crippen molar-refractivity contribution >= 4 is 16.9 Å². The van der Waals surface area contributed by atoms with Crippen LogP contribution in [0.4, 0.5) is 0 Å². The SMILES string of the molecule is CC(C)Oc1ccc2c(C(=O)NCCCn3cccn3)cc(=O)oc2c1. The molecule has 0 unspecified atom stereocenters. The van der Waals surface area contributed by atoms with Gasteiger partial charge in [0.15, 0.2) is 0 Å². The van der Waals surface area contributed by atoms with Crippen LogP contribution in [0.5, 0.6) is 5.75 Å². The molecule has 0 atom stereocenters. The summed E-state index contributed by atoms with van der Waals surface area (Å²) in [6, 6.07) is 8.19. The number of benzene rings is 1. The summed E-state index contributed by atoms with van der Waals surface area (Å²) in [4.78, 5) is 24.3. The minimum absolute atomic E-state index is 0.000407. The lowest BCUT2D eigenvalue weighted by atomic mass is 10.1. The van der Waals surface area contributed by atoms with E-state index in [1.165, 1.54) is 6.07 Å². The number of hydrogen-bond donors (Lipinski definition) is 1. The molecule has 0 bridgehead atoms. The highest BCUT2D eigenvalue weighted by Gasteiger charge is 2.14. The Labute approximate surface area is 150 Å². The number of fused-ring (bicyclic) bond motifs is 1. The van der Waals surface area contributed by atoms with Gasteiger partial charge in [-0.1, -0.05) is 0 Å². The van der Waals surface area contributed by atoms with E-state index < -0.39 is 5.63 Å². The highest BCUT2D eigenvalue weighted by Crippen LogP contribution is 2.23. The quantitative estimate of drug-likeness (QED) is 0.520. The molecule has 3 aromatic rings. The van der Waals surface area contributed by atoms with Gasteiger partial charge >= 0.3 is 5.63 Å². The van der Waals surface area contributed by atoms with Crippen molar-refractivity contribution in [3.63, 3.8) is 0 Å². The van der Waals surface area contributed by atoms with E-state index in [0.717, 1.165) is 6.42 Å². The number of carbonyl (C=O) groups is 1. The van der Waals surface area contributed by atoms with Crippen LogP contribution < -0.4 is 15.7 Å². The predicted molar refractivity (Wildman–Crippen MR) is 97.4 cm³/mol. The zero-order valence-corrected chi connectivity index (χ0v) is 14.8. The van der Waals surface area contributed by atoms with E-state index >= 15 is 0 Å². The third-order valence-electron chi connectivity index (χ3n) is 3.74. The lowest BCUT2D eigenvalue weighted by Crippen LogP contribution is -2.26. The number of hydrogen-bond acceptors (Lipinski definition) is 5. The lowest BCUT2D eigenvalue weighted by Gasteiger charge is -2.11. The molecule has 0 aliphatic rings. The molecule has 1 amide bonds. The van der Waals surface area contributed by atoms with Crippen LogP contribution in [0.15, 0.2) is 51.9 Å². The van der Waals surface area contributed by atoms with Crippen molar-refractivity contribution < 1.29 is 13.9 Å². The molecule has 1 aromatic carbocycles. The van der Waals surface area contributed by atoms with Gasteiger partial charge in [0.1, 0.15) is 11.3 Å². The Balaban J connectivity index is 1.73. The molecule has 2 aromatic heterocycles. The summed E-state index contributed by atoms with van der Waals surface area (Å²) in [5.74, 6) is 0.285. The average Bonchev–Trinajstić information content (AvgIpc) is 3.10. The Bertz CT molecular complexity index is 945. The maximum absolute atomic E-state index is 12.5. The van der Waals surface area contributed by atoms with Crippen LogP contribution >= 0.6 is 0 Å². The molecule has 2 heterocycles. The van der Waals surface area contributed by atoms with Gasteiger partial charge in [0.25, 0.3) is 5.91 Å². The summed E-state index contributed by atoms with van der Waals surface area (Å²) in [6.07, 6.45) is 4.32. The zero-order chi connectivity index (χ0) is 18.5. The summed E-state index contributed by atoms with van der Waals surface area (Å²) in [5.41, 5.74) is 0.0599. The Hall–Kier alpha value is -3.09. The molecule has 26 heavy (non-hydrogen) atoms. The van der Waals surface area contributed by atoms with Gasteiger partial charge in [0, 0.05) is 43.0 Å². The van der Waals surface area contributed by atoms with Crippen molar-refractivity contribution in [3.05, 3.63) is 58.7 Å². The molecule has 0 aliphatic carbocycles. The second-order valence-electron chi connectivity index (χ2n) is 6.18. The minimum Gasteiger partial charge on any atom is -0.491 e. The van der Waals surface area contributed by atoms with Crippen LogP contribution in [0.3, 0.4) is 0 Å². The summed E-state index contributed by atoms with van der Waals surface area (Å²) >= 11 is 0. The first-order valence-corrected chi connectivity index (χ1v) is 8.53. The van der Waals surface area contributed by atoms with Crippen molar-refractivity contribution in [2.45, 2.75) is 32.9 Å². The van der Waals surface area contributed by atoms with Gasteiger partial charge in [-0.05, 0) is 38.5 Å². The van der Waals surface area contributed by atoms with Crippen LogP contribution in [0.2, 0.25) is 0 Å². The fourth-order valence-electron chi connectivity index (χ4n) is 2.65. The molecule has 7 nitrogen and oxygen atoms in total. The lowest BCUT2D eigenvalue weighted by molar-refractivity contribution is 0.0953. The Morgan fingerprint density at radius 1 is 1.35 bits per heavy atom. The molecule has 7 heteroatoms. The van der Waals surface area contributed by atoms with Crippen LogP contribution in [0, 0.1) is 0 Å². The largest absolute Gasteiger partial charge is 0.491 e. The molecule has 0 saturated carbocycles. The average molecular weight is 355 g/mol. The van der Waals surface area contributed by atoms with Gasteiger partial charge in [-0.15, -0.1) is 0 Å². The van der Waals surface area contributed by atoms with E-state index in [9.17, 15) is 9.59 Å². The predicted octanol–water partition coefficient (Wildman–Crippen LogP) is 2.60. The molecule has 3 rings (SSSR count). The number of amides is 1. The summed E-state index contributed by atoms with van der Waals surface area (Å²) < 4.78 is 12.6. The van der Waals surface area contributed by atoms with Crippen molar-refractivity contribution in [1.82, 2.24) is 15.1 Å². The number of nitrogens with one attached hydrogen (secondary N) is 1. The number of ether oxygens (including phenoxy) is 1. The maximum atomic E-state index is 12.5. The second-order valence-corrected chi connectivity index (χ2v) is 6.18. The first kappa shape index (κ1) is 17.7. The summed E-state index contributed by atoms with van der Waals surface area (Å²) in [6.45, 7) is 5.01. The van der Waals surface area contributed by atoms with Crippen LogP contribution in [-0.4, -0.2) is 28.3 Å². The topological polar surface area (TPSA) is 86.4 Å². The molecule has 0 fully saturated rings. The van der Waals surface area contributed by atoms with Gasteiger partial charge in [0.2, 0.25) is 0 Å². The molecule has 0 aliphatic heterocycles. The van der Waals surface area contributed by atoms with E-state index in [0.29, 0.717) is 35.4 Å². The van der Waals surface area contributed by atoms with E-state index in [-0.39, 0.29) is 12.0 Å². The molecule has 0 radical (unpaired) electrons. The van der Waals surface area contributed by atoms with Crippen molar-refractivity contribution in [1.29, 1.82) is 0 Å². The van der Waals surface area contributed by atoms with Crippen molar-refractivity contribution in [2.24, 2.45) is 0 Å². The normalized spacial score (nSPS) is 11.0. The van der Waals surface area contributed by atoms with Crippen molar-refractivity contribution in [2.75, 3.05) is 6.54 Å². The number of aromatic nitrogens is 2. The third kappa shape index (κ3) is 4.30. The monoisotopic (exact) mass is 355 g/mol. The van der Waals surface area contributed by atoms with E-state index in [1.54, 1.807) is 29.1 Å². The van der Waals surface area contributed by atoms with Gasteiger partial charge < -0.3 is 14.5 Å². The van der Waals surface area contributed by atoms with E-state index in [4.69, 9.17) is 9.15 Å². The molecule has 1 N–H and O–H groups in total. The summed E-state index contributed by atoms with van der Waals surface area (Å²) in [7, 11) is 0. The fraction of sp³-hybridized carbons (Fsp3) is 0.316. The zero-order valence-electron chi connectivity index (χ0n) is 14.8. The highest BCUT2D eigenvalue weighted by atomic mass is 16.5. The minimum atomic E-state index is -0.569. The summed E-state index contributed by atoms with van der Waals surface area (Å²) in [5, 5.41) is 7.52. The number of rotatable bonds is 7. The maximum Gasteiger partial charge on any atom is 0.337 e. The number of carbonyl (C=O) groups excluding carboxylic acids is 1. The fourth-order valence-corrected chi connectivity index (χ4v) is 2.65. The van der Waals surface area contributed by atoms with Gasteiger partial charge in [-0.2, -0.15) is 5.10 Å². The van der Waals surface area contributed by atoms with Gasteiger partial charge in [-0.3, -0.25) is 9.48 Å². The molecule has 136 valence electrons. The second kappa shape index (κ2) is 7.86. The number of nitrogens with zero attached hydrogens (tertiary/aromatic N) is 2. The van der Waals surface area contributed by atoms with E-state index in [2.05, 4.69) is 10.4 Å². The van der Waals surface area contributed by atoms with Gasteiger partial charge in [0.05, 0.1) is 11.7 Å². The smallest absolute Gasteiger partial charge is 0.337 e. The number of aryl methyl sites for hydroxylation is 1. The van der Waals surface area contributed by atoms with Crippen LogP contribution in [0.25, 0.3) is 11.0 Å². The molecular formula is C19H21N3O4. The highest BCUT2D eigenvalue weighted by molar-refractivity contribution is 6.05. The van der Waals surface area contributed by atoms with Crippen LogP contribution in [0.1, 0.15) is 30.6 Å². The van der Waals surface area contributed by atoms with E-state index in [1.807, 2.05) is 26.1 Å². The first-order valence-electron chi connectivity index (χ1n) is 8.53. The third-order valence-corrected chi connectivity index (χ3v) is 3.74. The Morgan fingerprint density at radius 3 is 2.92 bits per heavy atom. The standard InChI is InChI=1S/C19H21N3O4/c1-13(2)25-14-5-6-15-16(12-18(23)26-17(15)11-14)19(24)20-7-3-9-22-10-4-8-21-22/h4-6,8,10-13H,3,7,9H2,1-2H3,(H,20,24). The Kier molecular flexibility index (Phi) is 5.36. The van der Waals surface area contributed by atoms with Crippen LogP contribution in [-0.2, 0) is 6.54 Å². The Morgan fingerprint density at radius 2 is 2.19 bits per heavy atom. The molecule has 0 saturated heterocycles. The molecule has 0 spiro atoms. The first-order chi connectivity index (χ1) is 12.5.